The molecule has 6 heteroatoms. The van der Waals surface area contributed by atoms with Crippen molar-refractivity contribution < 1.29 is 14.3 Å². The summed E-state index contributed by atoms with van der Waals surface area (Å²) in [5, 5.41) is 9.26. The average Bonchev–Trinajstić information content (AvgIpc) is 2.73. The first-order valence-corrected chi connectivity index (χ1v) is 10.1. The van der Waals surface area contributed by atoms with Crippen LogP contribution in [0.5, 0.6) is 5.75 Å². The number of hydrogen-bond acceptors (Lipinski definition) is 5. The molecule has 3 rings (SSSR count). The number of hydrogen-bond donors (Lipinski definition) is 0. The summed E-state index contributed by atoms with van der Waals surface area (Å²) in [6.07, 6.45) is 0. The van der Waals surface area contributed by atoms with Crippen molar-refractivity contribution in [3.63, 3.8) is 0 Å². The second-order valence-corrected chi connectivity index (χ2v) is 7.64. The van der Waals surface area contributed by atoms with Gasteiger partial charge in [0.1, 0.15) is 25.0 Å². The van der Waals surface area contributed by atoms with Crippen molar-refractivity contribution in [1.82, 2.24) is 0 Å². The molecule has 0 fully saturated rings. The Hall–Kier alpha value is -2.75. The summed E-state index contributed by atoms with van der Waals surface area (Å²) < 4.78 is 11.9. The zero-order valence-electron chi connectivity index (χ0n) is 14.8. The maximum absolute atomic E-state index is 12.5. The minimum atomic E-state index is -0.419. The predicted octanol–water partition coefficient (Wildman–Crippen LogP) is 5.71. The van der Waals surface area contributed by atoms with Crippen LogP contribution in [0.2, 0.25) is 0 Å². The molecular weight excluding hydrogens is 438 g/mol. The number of carbonyl (C=O) groups is 1. The Balaban J connectivity index is 1.61. The monoisotopic (exact) mass is 453 g/mol. The number of rotatable bonds is 7. The summed E-state index contributed by atoms with van der Waals surface area (Å²) in [6, 6.07) is 24.1. The number of ether oxygens (including phenoxy) is 2. The van der Waals surface area contributed by atoms with Gasteiger partial charge in [-0.2, -0.15) is 5.26 Å². The van der Waals surface area contributed by atoms with E-state index in [-0.39, 0.29) is 13.2 Å². The van der Waals surface area contributed by atoms with Crippen molar-refractivity contribution in [2.24, 2.45) is 0 Å². The lowest BCUT2D eigenvalue weighted by Gasteiger charge is -2.11. The first-order chi connectivity index (χ1) is 13.7. The van der Waals surface area contributed by atoms with Crippen LogP contribution in [0.25, 0.3) is 0 Å². The summed E-state index contributed by atoms with van der Waals surface area (Å²) >= 11 is 4.74. The SMILES string of the molecule is N#Cc1ccccc1Sc1ccccc1C(=O)OCCOc1ccc(Br)cc1. The van der Waals surface area contributed by atoms with Crippen molar-refractivity contribution in [2.45, 2.75) is 9.79 Å². The lowest BCUT2D eigenvalue weighted by Crippen LogP contribution is -2.13. The second-order valence-electron chi connectivity index (χ2n) is 5.64. The van der Waals surface area contributed by atoms with Crippen LogP contribution in [-0.2, 0) is 4.74 Å². The van der Waals surface area contributed by atoms with E-state index in [2.05, 4.69) is 22.0 Å². The average molecular weight is 454 g/mol. The van der Waals surface area contributed by atoms with Crippen LogP contribution in [-0.4, -0.2) is 19.2 Å². The third-order valence-corrected chi connectivity index (χ3v) is 5.41. The Morgan fingerprint density at radius 2 is 1.61 bits per heavy atom. The summed E-state index contributed by atoms with van der Waals surface area (Å²) in [6.45, 7) is 0.405. The normalized spacial score (nSPS) is 10.1. The van der Waals surface area contributed by atoms with Gasteiger partial charge in [-0.1, -0.05) is 52.0 Å². The summed E-state index contributed by atoms with van der Waals surface area (Å²) in [7, 11) is 0. The van der Waals surface area contributed by atoms with Crippen molar-refractivity contribution >= 4 is 33.7 Å². The molecule has 0 radical (unpaired) electrons. The maximum Gasteiger partial charge on any atom is 0.339 e. The molecule has 0 amide bonds. The molecule has 0 aliphatic rings. The molecule has 28 heavy (non-hydrogen) atoms. The number of halogens is 1. The quantitative estimate of drug-likeness (QED) is 0.338. The van der Waals surface area contributed by atoms with Crippen LogP contribution < -0.4 is 4.74 Å². The standard InChI is InChI=1S/C22H16BrNO3S/c23-17-9-11-18(12-10-17)26-13-14-27-22(25)19-6-2-4-8-21(19)28-20-7-3-1-5-16(20)15-24/h1-12H,13-14H2. The Morgan fingerprint density at radius 1 is 0.929 bits per heavy atom. The summed E-state index contributed by atoms with van der Waals surface area (Å²) in [5.41, 5.74) is 1.03. The molecule has 0 heterocycles. The van der Waals surface area contributed by atoms with E-state index >= 15 is 0 Å². The molecular formula is C22H16BrNO3S. The van der Waals surface area contributed by atoms with Gasteiger partial charge in [0.05, 0.1) is 11.1 Å². The van der Waals surface area contributed by atoms with Crippen molar-refractivity contribution in [2.75, 3.05) is 13.2 Å². The zero-order chi connectivity index (χ0) is 19.8. The van der Waals surface area contributed by atoms with Crippen LogP contribution in [0.3, 0.4) is 0 Å². The molecule has 0 N–H and O–H groups in total. The fourth-order valence-corrected chi connectivity index (χ4v) is 3.67. The van der Waals surface area contributed by atoms with E-state index in [4.69, 9.17) is 9.47 Å². The van der Waals surface area contributed by atoms with E-state index in [1.807, 2.05) is 54.6 Å². The Labute approximate surface area is 176 Å². The highest BCUT2D eigenvalue weighted by Gasteiger charge is 2.14. The highest BCUT2D eigenvalue weighted by atomic mass is 79.9. The lowest BCUT2D eigenvalue weighted by atomic mass is 10.2. The molecule has 0 atom stereocenters. The molecule has 0 aliphatic heterocycles. The van der Waals surface area contributed by atoms with E-state index in [1.165, 1.54) is 11.8 Å². The van der Waals surface area contributed by atoms with Crippen molar-refractivity contribution in [3.8, 4) is 11.8 Å². The molecule has 0 spiro atoms. The lowest BCUT2D eigenvalue weighted by molar-refractivity contribution is 0.0446. The highest BCUT2D eigenvalue weighted by Crippen LogP contribution is 2.32. The molecule has 3 aromatic rings. The van der Waals surface area contributed by atoms with Crippen molar-refractivity contribution in [1.29, 1.82) is 5.26 Å². The minimum absolute atomic E-state index is 0.142. The molecule has 4 nitrogen and oxygen atoms in total. The number of esters is 1. The van der Waals surface area contributed by atoms with E-state index in [0.717, 1.165) is 14.3 Å². The van der Waals surface area contributed by atoms with Crippen LogP contribution in [0.4, 0.5) is 0 Å². The molecule has 0 bridgehead atoms. The third kappa shape index (κ3) is 5.38. The van der Waals surface area contributed by atoms with E-state index in [0.29, 0.717) is 16.9 Å². The molecule has 0 saturated carbocycles. The van der Waals surface area contributed by atoms with Gasteiger partial charge in [-0.05, 0) is 48.5 Å². The number of benzene rings is 3. The first-order valence-electron chi connectivity index (χ1n) is 8.49. The smallest absolute Gasteiger partial charge is 0.339 e. The maximum atomic E-state index is 12.5. The van der Waals surface area contributed by atoms with Gasteiger partial charge in [0.2, 0.25) is 0 Å². The zero-order valence-corrected chi connectivity index (χ0v) is 17.2. The van der Waals surface area contributed by atoms with Crippen LogP contribution >= 0.6 is 27.7 Å². The molecule has 0 saturated heterocycles. The minimum Gasteiger partial charge on any atom is -0.490 e. The van der Waals surface area contributed by atoms with E-state index in [1.54, 1.807) is 18.2 Å². The third-order valence-electron chi connectivity index (χ3n) is 3.73. The van der Waals surface area contributed by atoms with E-state index < -0.39 is 5.97 Å². The van der Waals surface area contributed by atoms with Gasteiger partial charge >= 0.3 is 5.97 Å². The van der Waals surface area contributed by atoms with Gasteiger partial charge in [-0.15, -0.1) is 0 Å². The molecule has 140 valence electrons. The summed E-state index contributed by atoms with van der Waals surface area (Å²) in [5.74, 6) is 0.292. The summed E-state index contributed by atoms with van der Waals surface area (Å²) in [4.78, 5) is 14.0. The Bertz CT molecular complexity index is 999. The van der Waals surface area contributed by atoms with Gasteiger partial charge < -0.3 is 9.47 Å². The van der Waals surface area contributed by atoms with Crippen LogP contribution in [0, 0.1) is 11.3 Å². The molecule has 3 aromatic carbocycles. The van der Waals surface area contributed by atoms with Crippen molar-refractivity contribution in [3.05, 3.63) is 88.4 Å². The highest BCUT2D eigenvalue weighted by molar-refractivity contribution is 9.10. The second kappa shape index (κ2) is 9.98. The fourth-order valence-electron chi connectivity index (χ4n) is 2.39. The van der Waals surface area contributed by atoms with Crippen LogP contribution in [0.15, 0.2) is 87.1 Å². The predicted molar refractivity (Wildman–Crippen MR) is 112 cm³/mol. The number of carbonyl (C=O) groups excluding carboxylic acids is 1. The molecule has 0 unspecified atom stereocenters. The van der Waals surface area contributed by atoms with Crippen LogP contribution in [0.1, 0.15) is 15.9 Å². The Kier molecular flexibility index (Phi) is 7.12. The van der Waals surface area contributed by atoms with Gasteiger partial charge in [0.25, 0.3) is 0 Å². The van der Waals surface area contributed by atoms with Gasteiger partial charge in [-0.3, -0.25) is 0 Å². The fraction of sp³-hybridized carbons (Fsp3) is 0.0909. The first kappa shape index (κ1) is 20.0. The number of nitrogens with zero attached hydrogens (tertiary/aromatic N) is 1. The van der Waals surface area contributed by atoms with Gasteiger partial charge in [-0.25, -0.2) is 4.79 Å². The molecule has 0 aromatic heterocycles. The number of nitriles is 1. The van der Waals surface area contributed by atoms with E-state index in [9.17, 15) is 10.1 Å². The molecule has 0 aliphatic carbocycles. The topological polar surface area (TPSA) is 59.3 Å². The van der Waals surface area contributed by atoms with Gasteiger partial charge in [0.15, 0.2) is 0 Å². The Morgan fingerprint density at radius 3 is 2.36 bits per heavy atom. The van der Waals surface area contributed by atoms with Gasteiger partial charge in [0, 0.05) is 14.3 Å². The largest absolute Gasteiger partial charge is 0.490 e.